The molecule has 7 aromatic carbocycles. The molecule has 0 aliphatic heterocycles. The van der Waals surface area contributed by atoms with Crippen LogP contribution >= 0.6 is 0 Å². The molecule has 0 spiro atoms. The van der Waals surface area contributed by atoms with Crippen LogP contribution < -0.4 is 0 Å². The molecule has 4 heterocycles. The van der Waals surface area contributed by atoms with Crippen molar-refractivity contribution in [3.05, 3.63) is 182 Å². The Bertz CT molecular complexity index is 3240. The average Bonchev–Trinajstić information content (AvgIpc) is 3.85. The van der Waals surface area contributed by atoms with E-state index in [-0.39, 0.29) is 0 Å². The maximum atomic E-state index is 6.72. The second-order valence-corrected chi connectivity index (χ2v) is 13.8. The fourth-order valence-corrected chi connectivity index (χ4v) is 7.70. The number of hydrogen-bond donors (Lipinski definition) is 0. The molecule has 0 bridgehead atoms. The molecule has 0 amide bonds. The predicted molar refractivity (Wildman–Crippen MR) is 225 cm³/mol. The Hall–Kier alpha value is -7.70. The minimum atomic E-state index is 0.536. The monoisotopic (exact) mass is 718 g/mol. The van der Waals surface area contributed by atoms with Crippen LogP contribution in [-0.4, -0.2) is 19.9 Å². The molecule has 6 nitrogen and oxygen atoms in total. The minimum Gasteiger partial charge on any atom is -0.456 e. The van der Waals surface area contributed by atoms with Gasteiger partial charge in [0, 0.05) is 44.4 Å². The van der Waals surface area contributed by atoms with Crippen LogP contribution in [0.4, 0.5) is 0 Å². The number of para-hydroxylation sites is 2. The van der Waals surface area contributed by atoms with Crippen LogP contribution in [0.3, 0.4) is 0 Å². The van der Waals surface area contributed by atoms with Gasteiger partial charge >= 0.3 is 0 Å². The summed E-state index contributed by atoms with van der Waals surface area (Å²) in [6.07, 6.45) is 1.82. The second kappa shape index (κ2) is 13.0. The molecule has 0 fully saturated rings. The van der Waals surface area contributed by atoms with E-state index in [0.29, 0.717) is 17.5 Å². The largest absolute Gasteiger partial charge is 0.456 e. The lowest BCUT2D eigenvalue weighted by Crippen LogP contribution is -2.00. The first-order valence-corrected chi connectivity index (χ1v) is 18.5. The minimum absolute atomic E-state index is 0.536. The highest BCUT2D eigenvalue weighted by molar-refractivity contribution is 6.16. The third kappa shape index (κ3) is 5.43. The lowest BCUT2D eigenvalue weighted by atomic mass is 9.97. The van der Waals surface area contributed by atoms with Crippen molar-refractivity contribution in [2.45, 2.75) is 0 Å². The van der Waals surface area contributed by atoms with E-state index in [0.717, 1.165) is 94.1 Å². The highest BCUT2D eigenvalue weighted by Crippen LogP contribution is 2.42. The molecule has 0 N–H and O–H groups in total. The van der Waals surface area contributed by atoms with Gasteiger partial charge in [-0.25, -0.2) is 15.0 Å². The van der Waals surface area contributed by atoms with Gasteiger partial charge in [-0.3, -0.25) is 4.98 Å². The molecule has 11 rings (SSSR count). The summed E-state index contributed by atoms with van der Waals surface area (Å²) in [6, 6.07) is 59.8. The van der Waals surface area contributed by atoms with Crippen molar-refractivity contribution in [1.29, 1.82) is 0 Å². The van der Waals surface area contributed by atoms with Gasteiger partial charge in [0.05, 0.1) is 11.3 Å². The van der Waals surface area contributed by atoms with Crippen LogP contribution in [0.15, 0.2) is 191 Å². The molecule has 0 saturated carbocycles. The summed E-state index contributed by atoms with van der Waals surface area (Å²) in [5.74, 6) is 1.70. The van der Waals surface area contributed by atoms with Gasteiger partial charge in [-0.15, -0.1) is 0 Å². The summed E-state index contributed by atoms with van der Waals surface area (Å²) < 4.78 is 13.0. The van der Waals surface area contributed by atoms with Gasteiger partial charge in [-0.1, -0.05) is 127 Å². The molecule has 0 aliphatic rings. The number of nitrogens with zero attached hydrogens (tertiary/aromatic N) is 4. The van der Waals surface area contributed by atoms with Crippen LogP contribution in [0.1, 0.15) is 0 Å². The van der Waals surface area contributed by atoms with Gasteiger partial charge in [0.2, 0.25) is 0 Å². The first-order chi connectivity index (χ1) is 27.7. The Morgan fingerprint density at radius 1 is 0.339 bits per heavy atom. The Morgan fingerprint density at radius 3 is 1.86 bits per heavy atom. The van der Waals surface area contributed by atoms with Crippen molar-refractivity contribution in [3.63, 3.8) is 0 Å². The van der Waals surface area contributed by atoms with Crippen LogP contribution in [-0.2, 0) is 0 Å². The van der Waals surface area contributed by atoms with Crippen molar-refractivity contribution in [2.24, 2.45) is 0 Å². The highest BCUT2D eigenvalue weighted by Gasteiger charge is 2.20. The van der Waals surface area contributed by atoms with E-state index in [2.05, 4.69) is 77.8 Å². The van der Waals surface area contributed by atoms with Crippen molar-refractivity contribution in [3.8, 4) is 67.7 Å². The maximum Gasteiger partial charge on any atom is 0.167 e. The highest BCUT2D eigenvalue weighted by atomic mass is 16.3. The lowest BCUT2D eigenvalue weighted by molar-refractivity contribution is 0.668. The normalized spacial score (nSPS) is 11.6. The molecule has 56 heavy (non-hydrogen) atoms. The number of furan rings is 2. The van der Waals surface area contributed by atoms with E-state index in [4.69, 9.17) is 23.8 Å². The van der Waals surface area contributed by atoms with Gasteiger partial charge in [0.1, 0.15) is 22.3 Å². The van der Waals surface area contributed by atoms with Crippen molar-refractivity contribution in [2.75, 3.05) is 0 Å². The molecular formula is C50H30N4O2. The van der Waals surface area contributed by atoms with Crippen LogP contribution in [0.2, 0.25) is 0 Å². The number of pyridine rings is 1. The fraction of sp³-hybridized carbons (Fsp3) is 0. The molecule has 0 unspecified atom stereocenters. The Morgan fingerprint density at radius 2 is 0.982 bits per heavy atom. The first-order valence-electron chi connectivity index (χ1n) is 18.5. The summed E-state index contributed by atoms with van der Waals surface area (Å²) in [7, 11) is 0. The fourth-order valence-electron chi connectivity index (χ4n) is 7.70. The topological polar surface area (TPSA) is 77.8 Å². The van der Waals surface area contributed by atoms with Gasteiger partial charge in [-0.2, -0.15) is 0 Å². The molecule has 0 radical (unpaired) electrons. The Labute approximate surface area is 321 Å². The molecule has 262 valence electrons. The number of fused-ring (bicyclic) bond motifs is 6. The molecule has 0 saturated heterocycles. The van der Waals surface area contributed by atoms with Crippen LogP contribution in [0.25, 0.3) is 112 Å². The van der Waals surface area contributed by atoms with Crippen molar-refractivity contribution >= 4 is 43.9 Å². The van der Waals surface area contributed by atoms with Gasteiger partial charge in [-0.05, 0) is 70.8 Å². The summed E-state index contributed by atoms with van der Waals surface area (Å²) in [5.41, 5.74) is 12.1. The zero-order valence-corrected chi connectivity index (χ0v) is 29.9. The molecule has 0 aliphatic carbocycles. The van der Waals surface area contributed by atoms with Gasteiger partial charge in [0.25, 0.3) is 0 Å². The summed E-state index contributed by atoms with van der Waals surface area (Å²) in [5, 5.41) is 4.22. The maximum absolute atomic E-state index is 6.72. The molecule has 4 aromatic heterocycles. The van der Waals surface area contributed by atoms with E-state index >= 15 is 0 Å². The van der Waals surface area contributed by atoms with E-state index < -0.39 is 0 Å². The lowest BCUT2D eigenvalue weighted by Gasteiger charge is -2.10. The van der Waals surface area contributed by atoms with E-state index in [1.807, 2.05) is 109 Å². The standard InChI is InChI=1S/C50H30N4O2/c1-2-11-33(12-3-1)48-52-49(36-14-8-13-34(29-36)31-22-24-32(25-23-31)42-19-6-7-28-51-42)54-50(53-48)41-18-9-17-40-46-37(16-10-21-44(46)56-47(40)41)35-26-27-39-38-15-4-5-20-43(38)55-45(39)30-35/h1-30H. The predicted octanol–water partition coefficient (Wildman–Crippen LogP) is 13.1. The summed E-state index contributed by atoms with van der Waals surface area (Å²) >= 11 is 0. The molecule has 0 atom stereocenters. The number of rotatable bonds is 6. The molecule has 11 aromatic rings. The third-order valence-electron chi connectivity index (χ3n) is 10.4. The zero-order valence-electron chi connectivity index (χ0n) is 29.9. The second-order valence-electron chi connectivity index (χ2n) is 13.8. The third-order valence-corrected chi connectivity index (χ3v) is 10.4. The average molecular weight is 719 g/mol. The summed E-state index contributed by atoms with van der Waals surface area (Å²) in [6.45, 7) is 0. The molecule has 6 heteroatoms. The number of aromatic nitrogens is 4. The number of benzene rings is 7. The van der Waals surface area contributed by atoms with Crippen molar-refractivity contribution < 1.29 is 8.83 Å². The van der Waals surface area contributed by atoms with Gasteiger partial charge in [0.15, 0.2) is 17.5 Å². The van der Waals surface area contributed by atoms with Crippen LogP contribution in [0, 0.1) is 0 Å². The van der Waals surface area contributed by atoms with Crippen LogP contribution in [0.5, 0.6) is 0 Å². The van der Waals surface area contributed by atoms with Gasteiger partial charge < -0.3 is 8.83 Å². The molecular weight excluding hydrogens is 689 g/mol. The smallest absolute Gasteiger partial charge is 0.167 e. The zero-order chi connectivity index (χ0) is 37.0. The Balaban J connectivity index is 1.04. The van der Waals surface area contributed by atoms with E-state index in [1.54, 1.807) is 0 Å². The SMILES string of the molecule is c1ccc(-c2nc(-c3cccc(-c4ccc(-c5ccccn5)cc4)c3)nc(-c3cccc4c3oc3cccc(-c5ccc6c(c5)oc5ccccc56)c34)n2)cc1. The quantitative estimate of drug-likeness (QED) is 0.170. The number of hydrogen-bond acceptors (Lipinski definition) is 6. The van der Waals surface area contributed by atoms with Crippen molar-refractivity contribution in [1.82, 2.24) is 19.9 Å². The Kier molecular flexibility index (Phi) is 7.38. The summed E-state index contributed by atoms with van der Waals surface area (Å²) in [4.78, 5) is 19.8. The first kappa shape index (κ1) is 31.8. The van der Waals surface area contributed by atoms with E-state index in [1.165, 1.54) is 0 Å². The van der Waals surface area contributed by atoms with E-state index in [9.17, 15) is 0 Å².